The molecule has 2 heterocycles. The van der Waals surface area contributed by atoms with E-state index in [-0.39, 0.29) is 24.0 Å². The molecule has 0 aliphatic heterocycles. The molecular weight excluding hydrogens is 326 g/mol. The van der Waals surface area contributed by atoms with E-state index in [0.717, 1.165) is 30.2 Å². The van der Waals surface area contributed by atoms with Crippen LogP contribution in [0.3, 0.4) is 0 Å². The van der Waals surface area contributed by atoms with Crippen LogP contribution in [0.1, 0.15) is 28.8 Å². The van der Waals surface area contributed by atoms with Gasteiger partial charge in [-0.05, 0) is 55.0 Å². The van der Waals surface area contributed by atoms with Crippen LogP contribution < -0.4 is 5.32 Å². The maximum atomic E-state index is 13.0. The van der Waals surface area contributed by atoms with Gasteiger partial charge in [0.25, 0.3) is 5.91 Å². The molecule has 1 aromatic carbocycles. The molecule has 0 bridgehead atoms. The maximum Gasteiger partial charge on any atom is 0.253 e. The fraction of sp³-hybridized carbons (Fsp3) is 0.286. The fourth-order valence-electron chi connectivity index (χ4n) is 3.60. The van der Waals surface area contributed by atoms with E-state index in [2.05, 4.69) is 15.3 Å². The molecule has 26 heavy (non-hydrogen) atoms. The summed E-state index contributed by atoms with van der Waals surface area (Å²) in [6.45, 7) is 0. The molecule has 5 nitrogen and oxygen atoms in total. The maximum absolute atomic E-state index is 13.0. The van der Waals surface area contributed by atoms with Crippen molar-refractivity contribution >= 4 is 16.8 Å². The second kappa shape index (κ2) is 7.22. The minimum Gasteiger partial charge on any atom is -0.393 e. The van der Waals surface area contributed by atoms with E-state index >= 15 is 0 Å². The van der Waals surface area contributed by atoms with Crippen molar-refractivity contribution in [1.82, 2.24) is 15.3 Å². The highest BCUT2D eigenvalue weighted by Crippen LogP contribution is 2.32. The zero-order valence-corrected chi connectivity index (χ0v) is 14.4. The van der Waals surface area contributed by atoms with E-state index in [1.807, 2.05) is 42.5 Å². The molecule has 1 aliphatic rings. The Morgan fingerprint density at radius 3 is 2.65 bits per heavy atom. The van der Waals surface area contributed by atoms with Gasteiger partial charge in [-0.15, -0.1) is 0 Å². The second-order valence-corrected chi connectivity index (χ2v) is 6.91. The van der Waals surface area contributed by atoms with Gasteiger partial charge in [0.15, 0.2) is 0 Å². The first-order valence-corrected chi connectivity index (χ1v) is 8.92. The highest BCUT2D eigenvalue weighted by Gasteiger charge is 2.35. The summed E-state index contributed by atoms with van der Waals surface area (Å²) in [6.07, 6.45) is 7.15. The van der Waals surface area contributed by atoms with Crippen molar-refractivity contribution in [2.24, 2.45) is 5.92 Å². The summed E-state index contributed by atoms with van der Waals surface area (Å²) >= 11 is 0. The number of hydrogen-bond acceptors (Lipinski definition) is 4. The minimum atomic E-state index is -0.254. The lowest BCUT2D eigenvalue weighted by Crippen LogP contribution is -2.48. The third-order valence-corrected chi connectivity index (χ3v) is 5.12. The smallest absolute Gasteiger partial charge is 0.253 e. The summed E-state index contributed by atoms with van der Waals surface area (Å²) in [7, 11) is 0. The van der Waals surface area contributed by atoms with Gasteiger partial charge in [-0.1, -0.05) is 18.2 Å². The van der Waals surface area contributed by atoms with Crippen LogP contribution in [0.15, 0.2) is 61.1 Å². The van der Waals surface area contributed by atoms with Crippen molar-refractivity contribution in [1.29, 1.82) is 0 Å². The SMILES string of the molecule is O=C(N[C@@H](Cc1ccncc1)C1CC(O)C1)c1cccc2cccnc12. The Labute approximate surface area is 152 Å². The van der Waals surface area contributed by atoms with E-state index in [0.29, 0.717) is 11.1 Å². The first-order chi connectivity index (χ1) is 12.7. The van der Waals surface area contributed by atoms with Gasteiger partial charge in [-0.3, -0.25) is 14.8 Å². The number of aliphatic hydroxyl groups is 1. The van der Waals surface area contributed by atoms with E-state index in [1.54, 1.807) is 18.6 Å². The largest absolute Gasteiger partial charge is 0.393 e. The molecular formula is C21H21N3O2. The molecule has 1 fully saturated rings. The van der Waals surface area contributed by atoms with Crippen LogP contribution in [0, 0.1) is 5.92 Å². The first-order valence-electron chi connectivity index (χ1n) is 8.92. The van der Waals surface area contributed by atoms with Crippen molar-refractivity contribution in [2.45, 2.75) is 31.4 Å². The standard InChI is InChI=1S/C21H21N3O2/c25-17-12-16(13-17)19(11-14-6-9-22-10-7-14)24-21(26)18-5-1-3-15-4-2-8-23-20(15)18/h1-10,16-17,19,25H,11-13H2,(H,24,26)/t16?,17?,19-/m0/s1. The van der Waals surface area contributed by atoms with Crippen molar-refractivity contribution in [3.63, 3.8) is 0 Å². The van der Waals surface area contributed by atoms with E-state index in [9.17, 15) is 9.90 Å². The molecule has 0 unspecified atom stereocenters. The van der Waals surface area contributed by atoms with Crippen LogP contribution in [-0.2, 0) is 6.42 Å². The van der Waals surface area contributed by atoms with Crippen molar-refractivity contribution in [2.75, 3.05) is 0 Å². The van der Waals surface area contributed by atoms with Crippen LogP contribution in [0.25, 0.3) is 10.9 Å². The topological polar surface area (TPSA) is 75.1 Å². The van der Waals surface area contributed by atoms with Crippen molar-refractivity contribution in [3.8, 4) is 0 Å². The first kappa shape index (κ1) is 16.7. The molecule has 3 aromatic rings. The number of aliphatic hydroxyl groups excluding tert-OH is 1. The quantitative estimate of drug-likeness (QED) is 0.744. The fourth-order valence-corrected chi connectivity index (χ4v) is 3.60. The Kier molecular flexibility index (Phi) is 4.63. The molecule has 1 aliphatic carbocycles. The monoisotopic (exact) mass is 347 g/mol. The number of pyridine rings is 2. The van der Waals surface area contributed by atoms with Crippen LogP contribution in [0.2, 0.25) is 0 Å². The van der Waals surface area contributed by atoms with Gasteiger partial charge in [0, 0.05) is 30.0 Å². The van der Waals surface area contributed by atoms with Crippen LogP contribution in [0.5, 0.6) is 0 Å². The van der Waals surface area contributed by atoms with Gasteiger partial charge in [0.2, 0.25) is 0 Å². The van der Waals surface area contributed by atoms with Crippen molar-refractivity contribution in [3.05, 3.63) is 72.2 Å². The normalized spacial score (nSPS) is 20.3. The Bertz CT molecular complexity index is 902. The van der Waals surface area contributed by atoms with Crippen LogP contribution in [-0.4, -0.2) is 33.1 Å². The Morgan fingerprint density at radius 2 is 1.88 bits per heavy atom. The molecule has 0 saturated heterocycles. The number of aromatic nitrogens is 2. The number of para-hydroxylation sites is 1. The number of carbonyl (C=O) groups excluding carboxylic acids is 1. The lowest BCUT2D eigenvalue weighted by molar-refractivity contribution is 0.0239. The third kappa shape index (κ3) is 3.44. The zero-order valence-electron chi connectivity index (χ0n) is 14.4. The Balaban J connectivity index is 1.57. The van der Waals surface area contributed by atoms with Gasteiger partial charge in [0.1, 0.15) is 0 Å². The summed E-state index contributed by atoms with van der Waals surface area (Å²) in [5.41, 5.74) is 2.43. The number of fused-ring (bicyclic) bond motifs is 1. The second-order valence-electron chi connectivity index (χ2n) is 6.91. The van der Waals surface area contributed by atoms with Crippen LogP contribution in [0.4, 0.5) is 0 Å². The number of benzene rings is 1. The summed E-state index contributed by atoms with van der Waals surface area (Å²) in [4.78, 5) is 21.4. The minimum absolute atomic E-state index is 0.0210. The summed E-state index contributed by atoms with van der Waals surface area (Å²) in [5.74, 6) is 0.166. The van der Waals surface area contributed by atoms with E-state index in [1.165, 1.54) is 0 Å². The van der Waals surface area contributed by atoms with Gasteiger partial charge in [-0.25, -0.2) is 0 Å². The number of nitrogens with one attached hydrogen (secondary N) is 1. The average molecular weight is 347 g/mol. The molecule has 4 rings (SSSR count). The van der Waals surface area contributed by atoms with E-state index in [4.69, 9.17) is 0 Å². The number of rotatable bonds is 5. The lowest BCUT2D eigenvalue weighted by atomic mass is 9.75. The molecule has 1 atom stereocenters. The molecule has 0 spiro atoms. The van der Waals surface area contributed by atoms with Crippen LogP contribution >= 0.6 is 0 Å². The summed E-state index contributed by atoms with van der Waals surface area (Å²) in [6, 6.07) is 13.4. The molecule has 1 amide bonds. The molecule has 1 saturated carbocycles. The van der Waals surface area contributed by atoms with E-state index < -0.39 is 0 Å². The summed E-state index contributed by atoms with van der Waals surface area (Å²) < 4.78 is 0. The molecule has 132 valence electrons. The Morgan fingerprint density at radius 1 is 1.12 bits per heavy atom. The molecule has 5 heteroatoms. The number of nitrogens with zero attached hydrogens (tertiary/aromatic N) is 2. The number of hydrogen-bond donors (Lipinski definition) is 2. The Hall–Kier alpha value is -2.79. The molecule has 2 aromatic heterocycles. The van der Waals surface area contributed by atoms with Gasteiger partial charge in [0.05, 0.1) is 17.2 Å². The number of amides is 1. The molecule has 2 N–H and O–H groups in total. The summed E-state index contributed by atoms with van der Waals surface area (Å²) in [5, 5.41) is 13.8. The third-order valence-electron chi connectivity index (χ3n) is 5.12. The van der Waals surface area contributed by atoms with Gasteiger partial charge < -0.3 is 10.4 Å². The lowest BCUT2D eigenvalue weighted by Gasteiger charge is -2.38. The van der Waals surface area contributed by atoms with Gasteiger partial charge in [-0.2, -0.15) is 0 Å². The predicted octanol–water partition coefficient (Wildman–Crippen LogP) is 2.74. The highest BCUT2D eigenvalue weighted by atomic mass is 16.3. The van der Waals surface area contributed by atoms with Gasteiger partial charge >= 0.3 is 0 Å². The highest BCUT2D eigenvalue weighted by molar-refractivity contribution is 6.05. The molecule has 0 radical (unpaired) electrons. The van der Waals surface area contributed by atoms with Crippen molar-refractivity contribution < 1.29 is 9.90 Å². The predicted molar refractivity (Wildman–Crippen MR) is 99.7 cm³/mol. The number of carbonyl (C=O) groups is 1. The zero-order chi connectivity index (χ0) is 17.9. The average Bonchev–Trinajstić information content (AvgIpc) is 2.65.